The number of hydrogen-bond donors (Lipinski definition) is 0. The van der Waals surface area contributed by atoms with Crippen molar-refractivity contribution in [2.75, 3.05) is 0 Å². The summed E-state index contributed by atoms with van der Waals surface area (Å²) < 4.78 is 21.4. The summed E-state index contributed by atoms with van der Waals surface area (Å²) in [6.07, 6.45) is 0. The molecule has 0 radical (unpaired) electrons. The molecule has 14 heavy (non-hydrogen) atoms. The smallest absolute Gasteiger partial charge is 0.364 e. The molecule has 0 saturated carbocycles. The monoisotopic (exact) mass is 218 g/mol. The molecule has 0 aliphatic carbocycles. The van der Waals surface area contributed by atoms with Gasteiger partial charge in [-0.05, 0) is 6.07 Å². The van der Waals surface area contributed by atoms with E-state index in [-0.39, 0.29) is 5.75 Å². The number of nitrogens with zero attached hydrogens (tertiary/aromatic N) is 1. The minimum Gasteiger partial charge on any atom is -0.588 e. The average Bonchev–Trinajstić information content (AvgIpc) is 2.02. The fraction of sp³-hybridized carbons (Fsp3) is 0. The second-order valence-electron chi connectivity index (χ2n) is 2.44. The summed E-state index contributed by atoms with van der Waals surface area (Å²) >= 11 is 0. The molecule has 1 aromatic rings. The van der Waals surface area contributed by atoms with Gasteiger partial charge in [-0.1, -0.05) is 0 Å². The lowest BCUT2D eigenvalue weighted by atomic mass is 10.3. The van der Waals surface area contributed by atoms with Gasteiger partial charge in [0.25, 0.3) is 0 Å². The molecule has 0 fully saturated rings. The van der Waals surface area contributed by atoms with Gasteiger partial charge in [-0.25, -0.2) is 8.42 Å². The summed E-state index contributed by atoms with van der Waals surface area (Å²) in [6, 6.07) is 2.65. The Balaban J connectivity index is 3.42. The van der Waals surface area contributed by atoms with Crippen molar-refractivity contribution in [1.29, 1.82) is 0 Å². The minimum absolute atomic E-state index is 0.387. The van der Waals surface area contributed by atoms with E-state index in [0.29, 0.717) is 6.07 Å². The molecule has 0 spiro atoms. The van der Waals surface area contributed by atoms with Crippen LogP contribution >= 0.6 is 0 Å². The standard InChI is InChI=1S/C6H5N2O5S/c7-14(12,13)4-1-2-6(9)5(3-4)8(10)11/h1-3H,(H2-,7,9,12,13)/q-1/p+1. The molecule has 0 unspecified atom stereocenters. The third-order valence-corrected chi connectivity index (χ3v) is 2.35. The summed E-state index contributed by atoms with van der Waals surface area (Å²) in [6.45, 7) is 0. The van der Waals surface area contributed by atoms with Gasteiger partial charge < -0.3 is 10.2 Å². The van der Waals surface area contributed by atoms with Gasteiger partial charge in [0.1, 0.15) is 0 Å². The van der Waals surface area contributed by atoms with Crippen LogP contribution in [0, 0.1) is 10.1 Å². The molecule has 0 bridgehead atoms. The maximum Gasteiger partial charge on any atom is 0.364 e. The quantitative estimate of drug-likeness (QED) is 0.413. The molecule has 1 aromatic carbocycles. The maximum absolute atomic E-state index is 10.7. The summed E-state index contributed by atoms with van der Waals surface area (Å²) in [5.74, 6) is -0.387. The first-order chi connectivity index (χ1) is 6.32. The number of nitro benzene ring substituents is 1. The van der Waals surface area contributed by atoms with Gasteiger partial charge in [-0.2, -0.15) is 0 Å². The van der Waals surface area contributed by atoms with Crippen molar-refractivity contribution >= 4 is 15.7 Å². The summed E-state index contributed by atoms with van der Waals surface area (Å²) in [7, 11) is -4.21. The van der Waals surface area contributed by atoms with Gasteiger partial charge in [0, 0.05) is 12.1 Å². The van der Waals surface area contributed by atoms with E-state index in [1.165, 1.54) is 0 Å². The van der Waals surface area contributed by atoms with Gasteiger partial charge in [0.15, 0.2) is 0 Å². The van der Waals surface area contributed by atoms with Crippen molar-refractivity contribution in [3.63, 3.8) is 0 Å². The van der Waals surface area contributed by atoms with Gasteiger partial charge in [0.2, 0.25) is 0 Å². The zero-order valence-electron chi connectivity index (χ0n) is 6.72. The number of nitro groups is 1. The largest absolute Gasteiger partial charge is 0.588 e. The number of nitrogens with one attached hydrogen (secondary N) is 1. The molecule has 76 valence electrons. The van der Waals surface area contributed by atoms with Crippen LogP contribution < -0.4 is 0 Å². The van der Waals surface area contributed by atoms with Crippen molar-refractivity contribution < 1.29 is 18.4 Å². The first-order valence-corrected chi connectivity index (χ1v) is 4.80. The fourth-order valence-electron chi connectivity index (χ4n) is 0.830. The van der Waals surface area contributed by atoms with Crippen LogP contribution in [0.3, 0.4) is 0 Å². The van der Waals surface area contributed by atoms with Crippen molar-refractivity contribution in [1.82, 2.24) is 0 Å². The highest BCUT2D eigenvalue weighted by Gasteiger charge is 2.19. The predicted molar refractivity (Wildman–Crippen MR) is 47.7 cm³/mol. The van der Waals surface area contributed by atoms with Crippen molar-refractivity contribution in [2.24, 2.45) is 0 Å². The molecule has 0 heterocycles. The molecule has 0 aliphatic rings. The second-order valence-corrected chi connectivity index (χ2v) is 3.92. The Bertz CT molecular complexity index is 481. The van der Waals surface area contributed by atoms with Crippen molar-refractivity contribution in [2.45, 2.75) is 4.90 Å². The Morgan fingerprint density at radius 2 is 2.00 bits per heavy atom. The lowest BCUT2D eigenvalue weighted by Crippen LogP contribution is -1.95. The highest BCUT2D eigenvalue weighted by Crippen LogP contribution is 2.28. The number of benzene rings is 1. The van der Waals surface area contributed by atoms with E-state index in [2.05, 4.69) is 0 Å². The SMILES string of the molecule is [NH-]S(=O)(=O)c1ccc([OH2+])c([N+](=O)[O-])c1. The molecule has 0 saturated heterocycles. The van der Waals surface area contributed by atoms with E-state index in [4.69, 9.17) is 10.2 Å². The average molecular weight is 218 g/mol. The van der Waals surface area contributed by atoms with Gasteiger partial charge in [-0.3, -0.25) is 10.1 Å². The molecule has 0 aliphatic heterocycles. The summed E-state index contributed by atoms with van der Waals surface area (Å²) in [5, 5.41) is 24.1. The van der Waals surface area contributed by atoms with Crippen LogP contribution in [0.25, 0.3) is 5.14 Å². The third kappa shape index (κ3) is 1.98. The lowest BCUT2D eigenvalue weighted by molar-refractivity contribution is -0.386. The van der Waals surface area contributed by atoms with Crippen molar-refractivity contribution in [3.05, 3.63) is 33.5 Å². The highest BCUT2D eigenvalue weighted by atomic mass is 32.2. The van der Waals surface area contributed by atoms with Crippen LogP contribution in [-0.4, -0.2) is 18.4 Å². The van der Waals surface area contributed by atoms with E-state index in [1.807, 2.05) is 0 Å². The molecule has 7 nitrogen and oxygen atoms in total. The highest BCUT2D eigenvalue weighted by molar-refractivity contribution is 7.93. The second kappa shape index (κ2) is 3.24. The predicted octanol–water partition coefficient (Wildman–Crippen LogP) is 0.774. The van der Waals surface area contributed by atoms with E-state index in [0.717, 1.165) is 12.1 Å². The van der Waals surface area contributed by atoms with E-state index in [1.54, 1.807) is 0 Å². The topological polar surface area (TPSA) is 124 Å². The molecular weight excluding hydrogens is 212 g/mol. The van der Waals surface area contributed by atoms with Crippen LogP contribution in [0.2, 0.25) is 0 Å². The van der Waals surface area contributed by atoms with E-state index in [9.17, 15) is 18.5 Å². The van der Waals surface area contributed by atoms with Crippen LogP contribution in [0.1, 0.15) is 0 Å². The molecule has 0 amide bonds. The zero-order chi connectivity index (χ0) is 10.9. The fourth-order valence-corrected chi connectivity index (χ4v) is 1.34. The lowest BCUT2D eigenvalue weighted by Gasteiger charge is -2.03. The first kappa shape index (κ1) is 10.4. The minimum atomic E-state index is -4.21. The normalized spacial score (nSPS) is 11.2. The van der Waals surface area contributed by atoms with Gasteiger partial charge in [0.05, 0.1) is 19.8 Å². The number of sulfonamides is 1. The van der Waals surface area contributed by atoms with Gasteiger partial charge >= 0.3 is 11.4 Å². The van der Waals surface area contributed by atoms with Crippen molar-refractivity contribution in [3.8, 4) is 5.75 Å². The zero-order valence-corrected chi connectivity index (χ0v) is 7.54. The number of rotatable bonds is 2. The van der Waals surface area contributed by atoms with Crippen LogP contribution in [-0.2, 0) is 10.0 Å². The summed E-state index contributed by atoms with van der Waals surface area (Å²) in [4.78, 5) is 8.98. The van der Waals surface area contributed by atoms with Gasteiger partial charge in [-0.15, -0.1) is 0 Å². The molecule has 3 N–H and O–H groups in total. The number of hydrogen-bond acceptors (Lipinski definition) is 4. The summed E-state index contributed by atoms with van der Waals surface area (Å²) in [5.41, 5.74) is -0.627. The Morgan fingerprint density at radius 3 is 2.43 bits per heavy atom. The van der Waals surface area contributed by atoms with Crippen LogP contribution in [0.4, 0.5) is 5.69 Å². The van der Waals surface area contributed by atoms with Crippen LogP contribution in [0.15, 0.2) is 23.1 Å². The molecular formula is C6H6N2O5S. The first-order valence-electron chi connectivity index (χ1n) is 3.32. The Hall–Kier alpha value is -1.67. The molecule has 0 atom stereocenters. The molecule has 1 rings (SSSR count). The van der Waals surface area contributed by atoms with E-state index < -0.39 is 25.5 Å². The maximum atomic E-state index is 10.7. The van der Waals surface area contributed by atoms with Crippen LogP contribution in [0.5, 0.6) is 5.75 Å². The Kier molecular flexibility index (Phi) is 2.41. The third-order valence-electron chi connectivity index (χ3n) is 1.48. The Morgan fingerprint density at radius 1 is 1.43 bits per heavy atom. The molecule has 8 heteroatoms. The molecule has 0 aromatic heterocycles. The Labute approximate surface area is 79.0 Å². The van der Waals surface area contributed by atoms with E-state index >= 15 is 0 Å².